The van der Waals surface area contributed by atoms with Crippen molar-refractivity contribution in [3.63, 3.8) is 0 Å². The number of nitrogens with two attached hydrogens (primary N) is 1. The van der Waals surface area contributed by atoms with Gasteiger partial charge in [0, 0.05) is 12.2 Å². The molecule has 0 radical (unpaired) electrons. The first kappa shape index (κ1) is 14.9. The molecule has 0 saturated carbocycles. The minimum absolute atomic E-state index is 0.268. The van der Waals surface area contributed by atoms with E-state index < -0.39 is 0 Å². The fourth-order valence-electron chi connectivity index (χ4n) is 2.63. The topological polar surface area (TPSA) is 55.6 Å². The second-order valence-corrected chi connectivity index (χ2v) is 5.56. The molecular formula is C16H24N2O2. The van der Waals surface area contributed by atoms with Gasteiger partial charge in [-0.05, 0) is 63.4 Å². The van der Waals surface area contributed by atoms with E-state index in [1.807, 2.05) is 19.9 Å². The molecule has 0 amide bonds. The summed E-state index contributed by atoms with van der Waals surface area (Å²) in [7, 11) is 0. The Morgan fingerprint density at radius 3 is 2.65 bits per heavy atom. The number of hydrogen-bond donors (Lipinski definition) is 1. The lowest BCUT2D eigenvalue weighted by molar-refractivity contribution is 0.0490. The molecular weight excluding hydrogens is 252 g/mol. The number of anilines is 1. The van der Waals surface area contributed by atoms with Crippen LogP contribution in [0.4, 0.5) is 5.69 Å². The molecule has 4 nitrogen and oxygen atoms in total. The molecule has 2 N–H and O–H groups in total. The Labute approximate surface area is 120 Å². The molecule has 1 aromatic carbocycles. The van der Waals surface area contributed by atoms with Crippen LogP contribution in [0, 0.1) is 13.8 Å². The lowest BCUT2D eigenvalue weighted by Gasteiger charge is -2.14. The number of carbonyl (C=O) groups is 1. The van der Waals surface area contributed by atoms with E-state index in [1.165, 1.54) is 25.9 Å². The zero-order valence-corrected chi connectivity index (χ0v) is 12.4. The van der Waals surface area contributed by atoms with Gasteiger partial charge >= 0.3 is 5.97 Å². The van der Waals surface area contributed by atoms with Gasteiger partial charge in [0.1, 0.15) is 0 Å². The van der Waals surface area contributed by atoms with Gasteiger partial charge in [0.15, 0.2) is 0 Å². The van der Waals surface area contributed by atoms with Crippen LogP contribution in [0.15, 0.2) is 12.1 Å². The number of aryl methyl sites for hydroxylation is 2. The van der Waals surface area contributed by atoms with E-state index in [2.05, 4.69) is 4.90 Å². The van der Waals surface area contributed by atoms with Crippen molar-refractivity contribution in [1.82, 2.24) is 4.90 Å². The predicted molar refractivity (Wildman–Crippen MR) is 80.9 cm³/mol. The summed E-state index contributed by atoms with van der Waals surface area (Å²) in [6.45, 7) is 7.70. The number of esters is 1. The minimum atomic E-state index is -0.268. The van der Waals surface area contributed by atoms with E-state index in [1.54, 1.807) is 6.07 Å². The first-order chi connectivity index (χ1) is 9.58. The first-order valence-corrected chi connectivity index (χ1v) is 7.34. The van der Waals surface area contributed by atoms with Gasteiger partial charge in [-0.15, -0.1) is 0 Å². The second-order valence-electron chi connectivity index (χ2n) is 5.56. The summed E-state index contributed by atoms with van der Waals surface area (Å²) < 4.78 is 5.34. The van der Waals surface area contributed by atoms with Gasteiger partial charge in [-0.25, -0.2) is 4.79 Å². The fourth-order valence-corrected chi connectivity index (χ4v) is 2.63. The molecule has 1 saturated heterocycles. The lowest BCUT2D eigenvalue weighted by atomic mass is 10.0. The third kappa shape index (κ3) is 3.73. The van der Waals surface area contributed by atoms with E-state index in [-0.39, 0.29) is 5.97 Å². The van der Waals surface area contributed by atoms with Crippen molar-refractivity contribution in [2.45, 2.75) is 33.1 Å². The molecule has 1 aliphatic heterocycles. The zero-order chi connectivity index (χ0) is 14.5. The molecule has 20 heavy (non-hydrogen) atoms. The summed E-state index contributed by atoms with van der Waals surface area (Å²) in [5.74, 6) is -0.268. The van der Waals surface area contributed by atoms with Crippen molar-refractivity contribution < 1.29 is 9.53 Å². The normalized spacial score (nSPS) is 15.5. The van der Waals surface area contributed by atoms with Crippen LogP contribution >= 0.6 is 0 Å². The summed E-state index contributed by atoms with van der Waals surface area (Å²) >= 11 is 0. The molecule has 110 valence electrons. The third-order valence-corrected chi connectivity index (χ3v) is 3.88. The molecule has 0 atom stereocenters. The molecule has 2 rings (SSSR count). The summed E-state index contributed by atoms with van der Waals surface area (Å²) in [5, 5.41) is 0. The van der Waals surface area contributed by atoms with Gasteiger partial charge in [0.25, 0.3) is 0 Å². The number of rotatable bonds is 5. The van der Waals surface area contributed by atoms with Gasteiger partial charge in [0.2, 0.25) is 0 Å². The quantitative estimate of drug-likeness (QED) is 0.510. The SMILES string of the molecule is Cc1cc(C)c(C(=O)OCCCN2CCCC2)cc1N. The highest BCUT2D eigenvalue weighted by Gasteiger charge is 2.14. The number of benzene rings is 1. The Balaban J connectivity index is 1.81. The van der Waals surface area contributed by atoms with Crippen molar-refractivity contribution >= 4 is 11.7 Å². The Morgan fingerprint density at radius 1 is 1.25 bits per heavy atom. The second kappa shape index (κ2) is 6.75. The van der Waals surface area contributed by atoms with Crippen LogP contribution in [0.3, 0.4) is 0 Å². The molecule has 4 heteroatoms. The molecule has 1 fully saturated rings. The molecule has 1 aromatic rings. The average Bonchev–Trinajstić information content (AvgIpc) is 2.92. The summed E-state index contributed by atoms with van der Waals surface area (Å²) in [4.78, 5) is 14.5. The first-order valence-electron chi connectivity index (χ1n) is 7.34. The van der Waals surface area contributed by atoms with E-state index in [9.17, 15) is 4.79 Å². The fraction of sp³-hybridized carbons (Fsp3) is 0.562. The monoisotopic (exact) mass is 276 g/mol. The van der Waals surface area contributed by atoms with E-state index in [4.69, 9.17) is 10.5 Å². The number of nitrogen functional groups attached to an aromatic ring is 1. The molecule has 0 bridgehead atoms. The average molecular weight is 276 g/mol. The maximum absolute atomic E-state index is 12.0. The predicted octanol–water partition coefficient (Wildman–Crippen LogP) is 2.53. The maximum Gasteiger partial charge on any atom is 0.338 e. The summed E-state index contributed by atoms with van der Waals surface area (Å²) in [5.41, 5.74) is 8.98. The highest BCUT2D eigenvalue weighted by Crippen LogP contribution is 2.18. The summed E-state index contributed by atoms with van der Waals surface area (Å²) in [6.07, 6.45) is 3.48. The Morgan fingerprint density at radius 2 is 1.95 bits per heavy atom. The van der Waals surface area contributed by atoms with E-state index in [0.717, 1.165) is 24.1 Å². The van der Waals surface area contributed by atoms with Crippen LogP contribution in [0.2, 0.25) is 0 Å². The highest BCUT2D eigenvalue weighted by atomic mass is 16.5. The van der Waals surface area contributed by atoms with E-state index >= 15 is 0 Å². The van der Waals surface area contributed by atoms with Crippen molar-refractivity contribution in [3.05, 3.63) is 28.8 Å². The van der Waals surface area contributed by atoms with Gasteiger partial charge in [-0.1, -0.05) is 6.07 Å². The maximum atomic E-state index is 12.0. The molecule has 1 heterocycles. The Bertz CT molecular complexity index is 480. The zero-order valence-electron chi connectivity index (χ0n) is 12.4. The molecule has 0 aliphatic carbocycles. The molecule has 0 unspecified atom stereocenters. The van der Waals surface area contributed by atoms with Crippen LogP contribution < -0.4 is 5.73 Å². The van der Waals surface area contributed by atoms with Crippen LogP contribution in [-0.4, -0.2) is 37.1 Å². The largest absolute Gasteiger partial charge is 0.462 e. The van der Waals surface area contributed by atoms with Gasteiger partial charge < -0.3 is 15.4 Å². The number of carbonyl (C=O) groups excluding carboxylic acids is 1. The Hall–Kier alpha value is -1.55. The minimum Gasteiger partial charge on any atom is -0.462 e. The van der Waals surface area contributed by atoms with Gasteiger partial charge in [-0.3, -0.25) is 0 Å². The molecule has 0 aromatic heterocycles. The number of likely N-dealkylation sites (tertiary alicyclic amines) is 1. The highest BCUT2D eigenvalue weighted by molar-refractivity contribution is 5.92. The van der Waals surface area contributed by atoms with Crippen LogP contribution in [0.5, 0.6) is 0 Å². The molecule has 0 spiro atoms. The standard InChI is InChI=1S/C16H24N2O2/c1-12-10-13(2)15(17)11-14(12)16(19)20-9-5-8-18-6-3-4-7-18/h10-11H,3-9,17H2,1-2H3. The van der Waals surface area contributed by atoms with E-state index in [0.29, 0.717) is 17.9 Å². The molecule has 1 aliphatic rings. The smallest absolute Gasteiger partial charge is 0.338 e. The van der Waals surface area contributed by atoms with Crippen LogP contribution in [-0.2, 0) is 4.74 Å². The number of nitrogens with zero attached hydrogens (tertiary/aromatic N) is 1. The van der Waals surface area contributed by atoms with Crippen molar-refractivity contribution in [2.75, 3.05) is 32.0 Å². The van der Waals surface area contributed by atoms with Crippen LogP contribution in [0.25, 0.3) is 0 Å². The van der Waals surface area contributed by atoms with Gasteiger partial charge in [0.05, 0.1) is 12.2 Å². The number of ether oxygens (including phenoxy) is 1. The lowest BCUT2D eigenvalue weighted by Crippen LogP contribution is -2.22. The van der Waals surface area contributed by atoms with Crippen molar-refractivity contribution in [2.24, 2.45) is 0 Å². The van der Waals surface area contributed by atoms with Crippen molar-refractivity contribution in [3.8, 4) is 0 Å². The van der Waals surface area contributed by atoms with Crippen LogP contribution in [0.1, 0.15) is 40.7 Å². The number of hydrogen-bond acceptors (Lipinski definition) is 4. The Kier molecular flexibility index (Phi) is 5.01. The van der Waals surface area contributed by atoms with Gasteiger partial charge in [-0.2, -0.15) is 0 Å². The summed E-state index contributed by atoms with van der Waals surface area (Å²) in [6, 6.07) is 3.64. The van der Waals surface area contributed by atoms with Crippen molar-refractivity contribution in [1.29, 1.82) is 0 Å². The third-order valence-electron chi connectivity index (χ3n) is 3.88.